The van der Waals surface area contributed by atoms with Gasteiger partial charge in [0.05, 0.1) is 5.56 Å². The van der Waals surface area contributed by atoms with Crippen molar-refractivity contribution in [3.8, 4) is 5.75 Å². The van der Waals surface area contributed by atoms with Crippen LogP contribution in [0.15, 0.2) is 24.3 Å². The van der Waals surface area contributed by atoms with Gasteiger partial charge < -0.3 is 15.6 Å². The maximum Gasteiger partial charge on any atom is 0.335 e. The van der Waals surface area contributed by atoms with E-state index >= 15 is 0 Å². The standard InChI is InChI=1S/C10H11NO4/c1-6(9(11)12)15-8-4-2-7(3-5-8)10(13)14/h2-6H,1H3,(H2,11,12)(H,13,14). The molecular weight excluding hydrogens is 198 g/mol. The van der Waals surface area contributed by atoms with Gasteiger partial charge in [-0.25, -0.2) is 4.79 Å². The zero-order chi connectivity index (χ0) is 11.4. The van der Waals surface area contributed by atoms with Crippen molar-refractivity contribution in [2.75, 3.05) is 0 Å². The Bertz CT molecular complexity index is 372. The van der Waals surface area contributed by atoms with Gasteiger partial charge in [-0.15, -0.1) is 0 Å². The number of benzene rings is 1. The summed E-state index contributed by atoms with van der Waals surface area (Å²) < 4.78 is 5.14. The number of hydrogen-bond acceptors (Lipinski definition) is 3. The van der Waals surface area contributed by atoms with Gasteiger partial charge in [-0.3, -0.25) is 4.79 Å². The summed E-state index contributed by atoms with van der Waals surface area (Å²) in [6.45, 7) is 1.52. The fourth-order valence-electron chi connectivity index (χ4n) is 0.938. The first-order valence-corrected chi connectivity index (χ1v) is 4.30. The molecule has 1 unspecified atom stereocenters. The van der Waals surface area contributed by atoms with E-state index in [1.54, 1.807) is 0 Å². The van der Waals surface area contributed by atoms with Gasteiger partial charge in [0.1, 0.15) is 5.75 Å². The molecule has 1 atom stereocenters. The molecule has 0 aliphatic carbocycles. The molecule has 0 saturated carbocycles. The number of carbonyl (C=O) groups excluding carboxylic acids is 1. The third-order valence-electron chi connectivity index (χ3n) is 1.81. The number of nitrogens with two attached hydrogens (primary N) is 1. The highest BCUT2D eigenvalue weighted by Gasteiger charge is 2.10. The minimum atomic E-state index is -1.01. The number of carboxylic acid groups (broad SMARTS) is 1. The summed E-state index contributed by atoms with van der Waals surface area (Å²) in [5, 5.41) is 8.63. The molecule has 1 rings (SSSR count). The van der Waals surface area contributed by atoms with Gasteiger partial charge in [-0.1, -0.05) is 0 Å². The maximum absolute atomic E-state index is 10.7. The lowest BCUT2D eigenvalue weighted by molar-refractivity contribution is -0.123. The van der Waals surface area contributed by atoms with E-state index in [0.717, 1.165) is 0 Å². The van der Waals surface area contributed by atoms with Crippen LogP contribution in [0.1, 0.15) is 17.3 Å². The van der Waals surface area contributed by atoms with Crippen molar-refractivity contribution in [3.05, 3.63) is 29.8 Å². The summed E-state index contributed by atoms with van der Waals surface area (Å²) in [6.07, 6.45) is -0.735. The Kier molecular flexibility index (Phi) is 3.28. The van der Waals surface area contributed by atoms with Crippen LogP contribution in [0.2, 0.25) is 0 Å². The lowest BCUT2D eigenvalue weighted by Crippen LogP contribution is -2.30. The highest BCUT2D eigenvalue weighted by atomic mass is 16.5. The van der Waals surface area contributed by atoms with Crippen molar-refractivity contribution < 1.29 is 19.4 Å². The lowest BCUT2D eigenvalue weighted by Gasteiger charge is -2.10. The van der Waals surface area contributed by atoms with Crippen LogP contribution < -0.4 is 10.5 Å². The van der Waals surface area contributed by atoms with E-state index in [9.17, 15) is 9.59 Å². The van der Waals surface area contributed by atoms with Crippen LogP contribution in [0.5, 0.6) is 5.75 Å². The third-order valence-corrected chi connectivity index (χ3v) is 1.81. The largest absolute Gasteiger partial charge is 0.481 e. The van der Waals surface area contributed by atoms with Crippen molar-refractivity contribution in [2.24, 2.45) is 5.73 Å². The van der Waals surface area contributed by atoms with E-state index in [-0.39, 0.29) is 5.56 Å². The van der Waals surface area contributed by atoms with E-state index in [4.69, 9.17) is 15.6 Å². The van der Waals surface area contributed by atoms with Gasteiger partial charge >= 0.3 is 5.97 Å². The van der Waals surface area contributed by atoms with Crippen molar-refractivity contribution >= 4 is 11.9 Å². The fraction of sp³-hybridized carbons (Fsp3) is 0.200. The molecule has 5 heteroatoms. The fourth-order valence-corrected chi connectivity index (χ4v) is 0.938. The molecule has 0 radical (unpaired) electrons. The highest BCUT2D eigenvalue weighted by molar-refractivity contribution is 5.87. The SMILES string of the molecule is CC(Oc1ccc(C(=O)O)cc1)C(N)=O. The Labute approximate surface area is 86.5 Å². The molecule has 5 nitrogen and oxygen atoms in total. The average Bonchev–Trinajstić information content (AvgIpc) is 2.18. The van der Waals surface area contributed by atoms with Gasteiger partial charge in [-0.05, 0) is 31.2 Å². The second-order valence-electron chi connectivity index (χ2n) is 2.99. The molecule has 1 aromatic rings. The highest BCUT2D eigenvalue weighted by Crippen LogP contribution is 2.13. The summed E-state index contributed by atoms with van der Waals surface area (Å²) in [5.41, 5.74) is 5.17. The molecule has 80 valence electrons. The average molecular weight is 209 g/mol. The van der Waals surface area contributed by atoms with E-state index < -0.39 is 18.0 Å². The van der Waals surface area contributed by atoms with Crippen LogP contribution in [0, 0.1) is 0 Å². The number of ether oxygens (including phenoxy) is 1. The van der Waals surface area contributed by atoms with Crippen LogP contribution in [-0.2, 0) is 4.79 Å². The molecule has 0 spiro atoms. The number of primary amides is 1. The Morgan fingerprint density at radius 3 is 2.27 bits per heavy atom. The number of rotatable bonds is 4. The van der Waals surface area contributed by atoms with Crippen LogP contribution in [0.3, 0.4) is 0 Å². The van der Waals surface area contributed by atoms with Gasteiger partial charge in [0, 0.05) is 0 Å². The first-order chi connectivity index (χ1) is 7.00. The quantitative estimate of drug-likeness (QED) is 0.761. The molecule has 0 fully saturated rings. The molecule has 0 heterocycles. The summed E-state index contributed by atoms with van der Waals surface area (Å²) >= 11 is 0. The van der Waals surface area contributed by atoms with Gasteiger partial charge in [0.2, 0.25) is 0 Å². The summed E-state index contributed by atoms with van der Waals surface area (Å²) in [5.74, 6) is -1.17. The number of aromatic carboxylic acids is 1. The summed E-state index contributed by atoms with van der Waals surface area (Å²) in [4.78, 5) is 21.2. The Balaban J connectivity index is 2.72. The normalized spacial score (nSPS) is 11.8. The molecule has 3 N–H and O–H groups in total. The smallest absolute Gasteiger partial charge is 0.335 e. The third kappa shape index (κ3) is 2.98. The van der Waals surface area contributed by atoms with E-state index in [1.165, 1.54) is 31.2 Å². The first-order valence-electron chi connectivity index (χ1n) is 4.30. The zero-order valence-electron chi connectivity index (χ0n) is 8.14. The Morgan fingerprint density at radius 1 is 1.33 bits per heavy atom. The second-order valence-corrected chi connectivity index (χ2v) is 2.99. The molecule has 0 saturated heterocycles. The van der Waals surface area contributed by atoms with Crippen LogP contribution in [0.25, 0.3) is 0 Å². The molecule has 0 aromatic heterocycles. The number of amides is 1. The van der Waals surface area contributed by atoms with Crippen molar-refractivity contribution in [1.82, 2.24) is 0 Å². The predicted octanol–water partition coefficient (Wildman–Crippen LogP) is 0.637. The topological polar surface area (TPSA) is 89.6 Å². The predicted molar refractivity (Wildman–Crippen MR) is 52.7 cm³/mol. The number of hydrogen-bond donors (Lipinski definition) is 2. The molecule has 0 aliphatic rings. The van der Waals surface area contributed by atoms with Crippen molar-refractivity contribution in [3.63, 3.8) is 0 Å². The van der Waals surface area contributed by atoms with Crippen LogP contribution >= 0.6 is 0 Å². The minimum absolute atomic E-state index is 0.161. The molecule has 1 aromatic carbocycles. The van der Waals surface area contributed by atoms with Crippen LogP contribution in [0.4, 0.5) is 0 Å². The lowest BCUT2D eigenvalue weighted by atomic mass is 10.2. The summed E-state index contributed by atoms with van der Waals surface area (Å²) in [6, 6.07) is 5.74. The number of carbonyl (C=O) groups is 2. The van der Waals surface area contributed by atoms with E-state index in [2.05, 4.69) is 0 Å². The van der Waals surface area contributed by atoms with Crippen LogP contribution in [-0.4, -0.2) is 23.1 Å². The van der Waals surface area contributed by atoms with Gasteiger partial charge in [0.25, 0.3) is 5.91 Å². The molecule has 0 bridgehead atoms. The van der Waals surface area contributed by atoms with Crippen molar-refractivity contribution in [1.29, 1.82) is 0 Å². The zero-order valence-corrected chi connectivity index (χ0v) is 8.14. The Morgan fingerprint density at radius 2 is 1.87 bits per heavy atom. The second kappa shape index (κ2) is 4.45. The van der Waals surface area contributed by atoms with Gasteiger partial charge in [-0.2, -0.15) is 0 Å². The molecule has 1 amide bonds. The molecule has 0 aliphatic heterocycles. The molecule has 15 heavy (non-hydrogen) atoms. The van der Waals surface area contributed by atoms with E-state index in [1.807, 2.05) is 0 Å². The minimum Gasteiger partial charge on any atom is -0.481 e. The Hall–Kier alpha value is -2.04. The molecular formula is C10H11NO4. The van der Waals surface area contributed by atoms with Gasteiger partial charge in [0.15, 0.2) is 6.10 Å². The number of carboxylic acids is 1. The van der Waals surface area contributed by atoms with Crippen molar-refractivity contribution in [2.45, 2.75) is 13.0 Å². The monoisotopic (exact) mass is 209 g/mol. The maximum atomic E-state index is 10.7. The van der Waals surface area contributed by atoms with E-state index in [0.29, 0.717) is 5.75 Å². The summed E-state index contributed by atoms with van der Waals surface area (Å²) in [7, 11) is 0. The first kappa shape index (κ1) is 11.0.